The van der Waals surface area contributed by atoms with E-state index < -0.39 is 0 Å². The van der Waals surface area contributed by atoms with Gasteiger partial charge in [-0.1, -0.05) is 18.2 Å². The van der Waals surface area contributed by atoms with Gasteiger partial charge in [-0.2, -0.15) is 0 Å². The van der Waals surface area contributed by atoms with Crippen molar-refractivity contribution in [1.82, 2.24) is 0 Å². The fourth-order valence-corrected chi connectivity index (χ4v) is 2.31. The highest BCUT2D eigenvalue weighted by molar-refractivity contribution is 7.17. The molecule has 0 spiro atoms. The fraction of sp³-hybridized carbons (Fsp3) is 0.200. The second-order valence-electron chi connectivity index (χ2n) is 2.76. The number of nitrogens with one attached hydrogen (secondary N) is 1. The van der Waals surface area contributed by atoms with Crippen molar-refractivity contribution in [3.8, 4) is 0 Å². The molecule has 0 amide bonds. The molecule has 2 rings (SSSR count). The molecule has 68 valence electrons. The first-order valence-electron chi connectivity index (χ1n) is 4.18. The summed E-state index contributed by atoms with van der Waals surface area (Å²) in [6.45, 7) is 0.822. The van der Waals surface area contributed by atoms with Crippen molar-refractivity contribution in [2.75, 3.05) is 17.7 Å². The van der Waals surface area contributed by atoms with Crippen LogP contribution in [0.1, 0.15) is 0 Å². The lowest BCUT2D eigenvalue weighted by Crippen LogP contribution is -2.00. The molecule has 0 saturated carbocycles. The Kier molecular flexibility index (Phi) is 2.71. The van der Waals surface area contributed by atoms with Crippen LogP contribution in [0.4, 0.5) is 5.69 Å². The Bertz CT molecular complexity index is 396. The van der Waals surface area contributed by atoms with Crippen LogP contribution in [0.5, 0.6) is 0 Å². The summed E-state index contributed by atoms with van der Waals surface area (Å²) in [5.41, 5.74) is 1.20. The molecule has 0 saturated heterocycles. The van der Waals surface area contributed by atoms with Crippen molar-refractivity contribution >= 4 is 38.7 Å². The predicted octanol–water partition coefficient (Wildman–Crippen LogP) is 3.55. The highest BCUT2D eigenvalue weighted by Crippen LogP contribution is 2.29. The Labute approximate surface area is 86.3 Å². The van der Waals surface area contributed by atoms with Gasteiger partial charge in [-0.3, -0.25) is 0 Å². The maximum absolute atomic E-state index is 5.61. The Morgan fingerprint density at radius 2 is 2.15 bits per heavy atom. The first kappa shape index (κ1) is 8.85. The van der Waals surface area contributed by atoms with Gasteiger partial charge in [-0.15, -0.1) is 22.9 Å². The van der Waals surface area contributed by atoms with Crippen LogP contribution in [0.3, 0.4) is 0 Å². The predicted molar refractivity (Wildman–Crippen MR) is 61.0 cm³/mol. The van der Waals surface area contributed by atoms with Crippen LogP contribution in [0.2, 0.25) is 0 Å². The lowest BCUT2D eigenvalue weighted by molar-refractivity contribution is 1.23. The number of hydrogen-bond donors (Lipinski definition) is 1. The summed E-state index contributed by atoms with van der Waals surface area (Å²) in [6.07, 6.45) is 0. The Morgan fingerprint density at radius 1 is 1.31 bits per heavy atom. The monoisotopic (exact) mass is 211 g/mol. The van der Waals surface area contributed by atoms with Crippen molar-refractivity contribution in [1.29, 1.82) is 0 Å². The van der Waals surface area contributed by atoms with Gasteiger partial charge in [0.05, 0.1) is 5.69 Å². The van der Waals surface area contributed by atoms with Crippen molar-refractivity contribution in [2.45, 2.75) is 0 Å². The summed E-state index contributed by atoms with van der Waals surface area (Å²) in [6, 6.07) is 8.37. The number of fused-ring (bicyclic) bond motifs is 1. The lowest BCUT2D eigenvalue weighted by atomic mass is 10.2. The number of hydrogen-bond acceptors (Lipinski definition) is 2. The van der Waals surface area contributed by atoms with E-state index in [9.17, 15) is 0 Å². The molecule has 1 aromatic heterocycles. The van der Waals surface area contributed by atoms with E-state index in [-0.39, 0.29) is 0 Å². The molecule has 0 bridgehead atoms. The second-order valence-corrected chi connectivity index (χ2v) is 4.05. The minimum Gasteiger partial charge on any atom is -0.383 e. The fourth-order valence-electron chi connectivity index (χ4n) is 1.30. The molecule has 0 aliphatic heterocycles. The van der Waals surface area contributed by atoms with Crippen molar-refractivity contribution in [3.63, 3.8) is 0 Å². The van der Waals surface area contributed by atoms with E-state index >= 15 is 0 Å². The summed E-state index contributed by atoms with van der Waals surface area (Å²) in [4.78, 5) is 0. The average molecular weight is 212 g/mol. The zero-order chi connectivity index (χ0) is 9.10. The maximum atomic E-state index is 5.61. The number of thiophene rings is 1. The molecule has 1 heterocycles. The smallest absolute Gasteiger partial charge is 0.0529 e. The number of anilines is 1. The van der Waals surface area contributed by atoms with Crippen LogP contribution in [-0.2, 0) is 0 Å². The van der Waals surface area contributed by atoms with Crippen molar-refractivity contribution in [3.05, 3.63) is 29.6 Å². The van der Waals surface area contributed by atoms with Gasteiger partial charge in [0.25, 0.3) is 0 Å². The van der Waals surface area contributed by atoms with Crippen LogP contribution in [0.15, 0.2) is 29.6 Å². The molecular formula is C10H10ClNS. The van der Waals surface area contributed by atoms with E-state index in [0.29, 0.717) is 5.88 Å². The first-order chi connectivity index (χ1) is 6.42. The molecule has 0 atom stereocenters. The third-order valence-corrected chi connectivity index (χ3v) is 3.04. The average Bonchev–Trinajstić information content (AvgIpc) is 2.58. The lowest BCUT2D eigenvalue weighted by Gasteiger charge is -2.00. The van der Waals surface area contributed by atoms with E-state index in [4.69, 9.17) is 11.6 Å². The molecule has 0 aliphatic rings. The molecule has 0 radical (unpaired) electrons. The summed E-state index contributed by atoms with van der Waals surface area (Å²) in [5, 5.41) is 6.72. The van der Waals surface area contributed by atoms with Gasteiger partial charge in [0.15, 0.2) is 0 Å². The van der Waals surface area contributed by atoms with Crippen LogP contribution in [0.25, 0.3) is 10.1 Å². The van der Waals surface area contributed by atoms with Gasteiger partial charge in [-0.05, 0) is 6.07 Å². The highest BCUT2D eigenvalue weighted by atomic mass is 35.5. The number of benzene rings is 1. The van der Waals surface area contributed by atoms with E-state index in [1.165, 1.54) is 15.8 Å². The summed E-state index contributed by atoms with van der Waals surface area (Å²) in [7, 11) is 0. The maximum Gasteiger partial charge on any atom is 0.0529 e. The second kappa shape index (κ2) is 3.99. The first-order valence-corrected chi connectivity index (χ1v) is 5.59. The van der Waals surface area contributed by atoms with Gasteiger partial charge in [-0.25, -0.2) is 0 Å². The molecule has 0 aliphatic carbocycles. The summed E-state index contributed by atoms with van der Waals surface area (Å²) < 4.78 is 1.32. The van der Waals surface area contributed by atoms with Gasteiger partial charge in [0, 0.05) is 27.9 Å². The molecule has 1 nitrogen and oxygen atoms in total. The van der Waals surface area contributed by atoms with Gasteiger partial charge >= 0.3 is 0 Å². The Hall–Kier alpha value is -0.730. The number of halogens is 1. The molecule has 13 heavy (non-hydrogen) atoms. The molecule has 1 N–H and O–H groups in total. The molecular weight excluding hydrogens is 202 g/mol. The van der Waals surface area contributed by atoms with Crippen molar-refractivity contribution in [2.24, 2.45) is 0 Å². The summed E-state index contributed by atoms with van der Waals surface area (Å²) >= 11 is 7.37. The van der Waals surface area contributed by atoms with E-state index in [1.807, 2.05) is 0 Å². The SMILES string of the molecule is ClCCNc1csc2ccccc12. The molecule has 1 aromatic carbocycles. The molecule has 0 unspecified atom stereocenters. The number of rotatable bonds is 3. The standard InChI is InChI=1S/C10H10ClNS/c11-5-6-12-9-7-13-10-4-2-1-3-8(9)10/h1-4,7,12H,5-6H2. The van der Waals surface area contributed by atoms with E-state index in [2.05, 4.69) is 35.0 Å². The molecule has 2 aromatic rings. The third kappa shape index (κ3) is 1.79. The van der Waals surface area contributed by atoms with Crippen LogP contribution >= 0.6 is 22.9 Å². The highest BCUT2D eigenvalue weighted by Gasteiger charge is 2.00. The summed E-state index contributed by atoms with van der Waals surface area (Å²) in [5.74, 6) is 0.643. The zero-order valence-electron chi connectivity index (χ0n) is 7.09. The third-order valence-electron chi connectivity index (χ3n) is 1.89. The minimum atomic E-state index is 0.643. The van der Waals surface area contributed by atoms with E-state index in [0.717, 1.165) is 6.54 Å². The normalized spacial score (nSPS) is 10.5. The minimum absolute atomic E-state index is 0.643. The van der Waals surface area contributed by atoms with Gasteiger partial charge in [0.1, 0.15) is 0 Å². The van der Waals surface area contributed by atoms with Crippen molar-refractivity contribution < 1.29 is 0 Å². The molecule has 0 fully saturated rings. The topological polar surface area (TPSA) is 12.0 Å². The van der Waals surface area contributed by atoms with Gasteiger partial charge < -0.3 is 5.32 Å². The molecule has 3 heteroatoms. The van der Waals surface area contributed by atoms with Crippen LogP contribution < -0.4 is 5.32 Å². The quantitative estimate of drug-likeness (QED) is 0.766. The Morgan fingerprint density at radius 3 is 3.00 bits per heavy atom. The largest absolute Gasteiger partial charge is 0.383 e. The number of alkyl halides is 1. The zero-order valence-corrected chi connectivity index (χ0v) is 8.66. The Balaban J connectivity index is 2.35. The van der Waals surface area contributed by atoms with Crippen LogP contribution in [0, 0.1) is 0 Å². The van der Waals surface area contributed by atoms with E-state index in [1.54, 1.807) is 11.3 Å². The van der Waals surface area contributed by atoms with Crippen LogP contribution in [-0.4, -0.2) is 12.4 Å². The van der Waals surface area contributed by atoms with Gasteiger partial charge in [0.2, 0.25) is 0 Å².